The second kappa shape index (κ2) is 7.86. The molecule has 0 bridgehead atoms. The molecule has 0 unspecified atom stereocenters. The average molecular weight is 375 g/mol. The fraction of sp³-hybridized carbons (Fsp3) is 0.278. The van der Waals surface area contributed by atoms with Gasteiger partial charge >= 0.3 is 0 Å². The Morgan fingerprint density at radius 3 is 2.85 bits per heavy atom. The summed E-state index contributed by atoms with van der Waals surface area (Å²) in [7, 11) is -2.20. The largest absolute Gasteiger partial charge is 0.384 e. The summed E-state index contributed by atoms with van der Waals surface area (Å²) in [6, 6.07) is 11.6. The van der Waals surface area contributed by atoms with Crippen LogP contribution < -0.4 is 15.4 Å². The maximum atomic E-state index is 12.6. The third-order valence-electron chi connectivity index (χ3n) is 4.12. The molecular weight excluding hydrogens is 354 g/mol. The Bertz CT molecular complexity index is 912. The van der Waals surface area contributed by atoms with Crippen LogP contribution in [0.1, 0.15) is 15.9 Å². The molecule has 1 heterocycles. The second-order valence-electron chi connectivity index (χ2n) is 5.88. The molecule has 0 saturated heterocycles. The highest BCUT2D eigenvalue weighted by molar-refractivity contribution is 7.89. The van der Waals surface area contributed by atoms with E-state index in [-0.39, 0.29) is 29.5 Å². The lowest BCUT2D eigenvalue weighted by Gasteiger charge is -2.11. The van der Waals surface area contributed by atoms with Crippen molar-refractivity contribution in [1.82, 2.24) is 4.72 Å². The normalized spacial score (nSPS) is 13.1. The first-order chi connectivity index (χ1) is 12.5. The van der Waals surface area contributed by atoms with Crippen LogP contribution in [0.4, 0.5) is 11.4 Å². The van der Waals surface area contributed by atoms with Crippen molar-refractivity contribution in [2.75, 3.05) is 37.4 Å². The van der Waals surface area contributed by atoms with E-state index in [9.17, 15) is 13.2 Å². The van der Waals surface area contributed by atoms with Crippen LogP contribution in [0.25, 0.3) is 0 Å². The van der Waals surface area contributed by atoms with Gasteiger partial charge in [0.25, 0.3) is 5.91 Å². The summed E-state index contributed by atoms with van der Waals surface area (Å²) in [6.45, 7) is 1.27. The molecule has 2 aromatic carbocycles. The number of carbonyl (C=O) groups is 1. The number of sulfonamides is 1. The predicted octanol–water partition coefficient (Wildman–Crippen LogP) is 1.83. The smallest absolute Gasteiger partial charge is 0.255 e. The summed E-state index contributed by atoms with van der Waals surface area (Å²) in [4.78, 5) is 12.6. The van der Waals surface area contributed by atoms with Crippen molar-refractivity contribution in [2.45, 2.75) is 11.3 Å². The first-order valence-electron chi connectivity index (χ1n) is 8.27. The minimum absolute atomic E-state index is 0.0428. The van der Waals surface area contributed by atoms with Gasteiger partial charge in [-0.1, -0.05) is 12.1 Å². The van der Waals surface area contributed by atoms with Gasteiger partial charge in [0.15, 0.2) is 0 Å². The Labute approximate surface area is 152 Å². The van der Waals surface area contributed by atoms with Crippen LogP contribution >= 0.6 is 0 Å². The van der Waals surface area contributed by atoms with Crippen molar-refractivity contribution in [3.8, 4) is 0 Å². The molecule has 8 heteroatoms. The van der Waals surface area contributed by atoms with Crippen LogP contribution in [0.5, 0.6) is 0 Å². The molecule has 0 radical (unpaired) electrons. The van der Waals surface area contributed by atoms with E-state index >= 15 is 0 Å². The maximum Gasteiger partial charge on any atom is 0.255 e. The monoisotopic (exact) mass is 375 g/mol. The van der Waals surface area contributed by atoms with Gasteiger partial charge in [0.1, 0.15) is 0 Å². The van der Waals surface area contributed by atoms with Crippen LogP contribution in [0.2, 0.25) is 0 Å². The zero-order valence-electron chi connectivity index (χ0n) is 14.4. The predicted molar refractivity (Wildman–Crippen MR) is 100 cm³/mol. The number of benzene rings is 2. The lowest BCUT2D eigenvalue weighted by Crippen LogP contribution is -2.27. The lowest BCUT2D eigenvalue weighted by atomic mass is 10.1. The van der Waals surface area contributed by atoms with E-state index in [4.69, 9.17) is 4.74 Å². The quantitative estimate of drug-likeness (QED) is 0.642. The standard InChI is InChI=1S/C18H21N3O4S/c1-25-11-10-20-26(23,24)14-5-2-4-13(12-14)18(22)21-17-7-3-6-16-15(17)8-9-19-16/h2-7,12,19-20H,8-11H2,1H3,(H,21,22). The van der Waals surface area contributed by atoms with E-state index in [1.165, 1.54) is 19.2 Å². The van der Waals surface area contributed by atoms with E-state index in [1.54, 1.807) is 12.1 Å². The molecule has 0 saturated carbocycles. The first kappa shape index (κ1) is 18.4. The summed E-state index contributed by atoms with van der Waals surface area (Å²) >= 11 is 0. The Kier molecular flexibility index (Phi) is 5.55. The van der Waals surface area contributed by atoms with Gasteiger partial charge in [0, 0.05) is 42.7 Å². The number of rotatable bonds is 7. The van der Waals surface area contributed by atoms with Gasteiger partial charge in [0.2, 0.25) is 10.0 Å². The van der Waals surface area contributed by atoms with E-state index in [0.717, 1.165) is 29.9 Å². The fourth-order valence-corrected chi connectivity index (χ4v) is 3.88. The van der Waals surface area contributed by atoms with E-state index in [2.05, 4.69) is 15.4 Å². The van der Waals surface area contributed by atoms with Crippen molar-refractivity contribution in [3.05, 3.63) is 53.6 Å². The molecule has 2 aromatic rings. The van der Waals surface area contributed by atoms with Crippen LogP contribution in [-0.2, 0) is 21.2 Å². The number of methoxy groups -OCH3 is 1. The molecule has 0 aliphatic carbocycles. The van der Waals surface area contributed by atoms with Gasteiger partial charge in [-0.2, -0.15) is 0 Å². The Morgan fingerprint density at radius 1 is 1.23 bits per heavy atom. The van der Waals surface area contributed by atoms with E-state index in [0.29, 0.717) is 0 Å². The minimum atomic E-state index is -3.69. The molecular formula is C18H21N3O4S. The first-order valence-corrected chi connectivity index (χ1v) is 9.75. The molecule has 1 aliphatic heterocycles. The zero-order chi connectivity index (χ0) is 18.6. The zero-order valence-corrected chi connectivity index (χ0v) is 15.2. The highest BCUT2D eigenvalue weighted by Crippen LogP contribution is 2.29. The number of amides is 1. The number of nitrogens with one attached hydrogen (secondary N) is 3. The van der Waals surface area contributed by atoms with Gasteiger partial charge < -0.3 is 15.4 Å². The summed E-state index contributed by atoms with van der Waals surface area (Å²) in [6.07, 6.45) is 0.837. The summed E-state index contributed by atoms with van der Waals surface area (Å²) in [5.41, 5.74) is 3.10. The van der Waals surface area contributed by atoms with Crippen LogP contribution in [0.3, 0.4) is 0 Å². The van der Waals surface area contributed by atoms with E-state index in [1.807, 2.05) is 18.2 Å². The van der Waals surface area contributed by atoms with Crippen LogP contribution in [0.15, 0.2) is 47.4 Å². The molecule has 0 spiro atoms. The number of hydrogen-bond donors (Lipinski definition) is 3. The van der Waals surface area contributed by atoms with Crippen LogP contribution in [-0.4, -0.2) is 41.1 Å². The van der Waals surface area contributed by atoms with Gasteiger partial charge in [-0.05, 0) is 36.8 Å². The van der Waals surface area contributed by atoms with Crippen molar-refractivity contribution in [3.63, 3.8) is 0 Å². The topological polar surface area (TPSA) is 96.5 Å². The third-order valence-corrected chi connectivity index (χ3v) is 5.58. The minimum Gasteiger partial charge on any atom is -0.384 e. The maximum absolute atomic E-state index is 12.6. The van der Waals surface area contributed by atoms with Crippen molar-refractivity contribution in [1.29, 1.82) is 0 Å². The fourth-order valence-electron chi connectivity index (χ4n) is 2.82. The average Bonchev–Trinajstić information content (AvgIpc) is 3.12. The van der Waals surface area contributed by atoms with Gasteiger partial charge in [0.05, 0.1) is 11.5 Å². The molecule has 138 valence electrons. The molecule has 7 nitrogen and oxygen atoms in total. The number of anilines is 2. The second-order valence-corrected chi connectivity index (χ2v) is 7.65. The Hall–Kier alpha value is -2.42. The van der Waals surface area contributed by atoms with Gasteiger partial charge in [-0.25, -0.2) is 13.1 Å². The Morgan fingerprint density at radius 2 is 2.04 bits per heavy atom. The molecule has 0 atom stereocenters. The van der Waals surface area contributed by atoms with Crippen molar-refractivity contribution >= 4 is 27.3 Å². The highest BCUT2D eigenvalue weighted by Gasteiger charge is 2.18. The summed E-state index contributed by atoms with van der Waals surface area (Å²) in [5, 5.41) is 6.13. The van der Waals surface area contributed by atoms with Crippen LogP contribution in [0, 0.1) is 0 Å². The van der Waals surface area contributed by atoms with Gasteiger partial charge in [-0.15, -0.1) is 0 Å². The Balaban J connectivity index is 1.78. The molecule has 26 heavy (non-hydrogen) atoms. The molecule has 3 rings (SSSR count). The van der Waals surface area contributed by atoms with Gasteiger partial charge in [-0.3, -0.25) is 4.79 Å². The number of hydrogen-bond acceptors (Lipinski definition) is 5. The number of fused-ring (bicyclic) bond motifs is 1. The highest BCUT2D eigenvalue weighted by atomic mass is 32.2. The molecule has 0 aromatic heterocycles. The molecule has 3 N–H and O–H groups in total. The SMILES string of the molecule is COCCNS(=O)(=O)c1cccc(C(=O)Nc2cccc3c2CCN3)c1. The molecule has 1 amide bonds. The number of carbonyl (C=O) groups excluding carboxylic acids is 1. The summed E-state index contributed by atoms with van der Waals surface area (Å²) in [5.74, 6) is -0.348. The van der Waals surface area contributed by atoms with E-state index < -0.39 is 10.0 Å². The van der Waals surface area contributed by atoms with Crippen molar-refractivity contribution < 1.29 is 17.9 Å². The molecule has 0 fully saturated rings. The number of ether oxygens (including phenoxy) is 1. The molecule has 1 aliphatic rings. The third kappa shape index (κ3) is 4.04. The summed E-state index contributed by atoms with van der Waals surface area (Å²) < 4.78 is 31.8. The van der Waals surface area contributed by atoms with Crippen molar-refractivity contribution in [2.24, 2.45) is 0 Å². The lowest BCUT2D eigenvalue weighted by molar-refractivity contribution is 0.102.